The maximum Gasteiger partial charge on any atom is 0.262 e. The number of rotatable bonds is 5. The zero-order valence-corrected chi connectivity index (χ0v) is 23.8. The Morgan fingerprint density at radius 2 is 1.36 bits per heavy atom. The Balaban J connectivity index is 1.42. The Morgan fingerprint density at radius 1 is 0.846 bits per heavy atom. The molecule has 6 heteroatoms. The molecular weight excluding hydrogens is 488 g/mol. The zero-order valence-electron chi connectivity index (χ0n) is 23.8. The van der Waals surface area contributed by atoms with Gasteiger partial charge in [-0.15, -0.1) is 0 Å². The largest absolute Gasteiger partial charge is 0.484 e. The highest BCUT2D eigenvalue weighted by atomic mass is 16.5. The van der Waals surface area contributed by atoms with E-state index in [0.717, 1.165) is 52.2 Å². The number of carbonyl (C=O) groups excluding carboxylic acids is 3. The molecule has 1 heterocycles. The lowest BCUT2D eigenvalue weighted by molar-refractivity contribution is -0.120. The van der Waals surface area contributed by atoms with E-state index in [-0.39, 0.29) is 40.8 Å². The second-order valence-corrected chi connectivity index (χ2v) is 12.9. The second-order valence-electron chi connectivity index (χ2n) is 12.9. The molecule has 0 spiro atoms. The van der Waals surface area contributed by atoms with Crippen LogP contribution in [0.4, 0.5) is 5.69 Å². The Bertz CT molecular complexity index is 1340. The molecule has 0 unspecified atom stereocenters. The number of amides is 1. The van der Waals surface area contributed by atoms with Gasteiger partial charge in [0.2, 0.25) is 0 Å². The fraction of sp³-hybridized carbons (Fsp3) is 0.424. The van der Waals surface area contributed by atoms with E-state index in [4.69, 9.17) is 4.74 Å². The molecule has 2 aromatic rings. The summed E-state index contributed by atoms with van der Waals surface area (Å²) in [6.07, 6.45) is 2.53. The van der Waals surface area contributed by atoms with Crippen LogP contribution in [-0.2, 0) is 14.4 Å². The second kappa shape index (κ2) is 9.82. The minimum absolute atomic E-state index is 0.118. The summed E-state index contributed by atoms with van der Waals surface area (Å²) in [6.45, 7) is 10.4. The molecule has 3 aliphatic rings. The van der Waals surface area contributed by atoms with E-state index < -0.39 is 0 Å². The van der Waals surface area contributed by atoms with Crippen LogP contribution in [0.5, 0.6) is 5.75 Å². The molecule has 0 aromatic heterocycles. The van der Waals surface area contributed by atoms with Gasteiger partial charge in [-0.3, -0.25) is 14.4 Å². The molecule has 1 aliphatic heterocycles. The van der Waals surface area contributed by atoms with Crippen molar-refractivity contribution in [2.45, 2.75) is 66.2 Å². The molecule has 1 amide bonds. The Morgan fingerprint density at radius 3 is 1.87 bits per heavy atom. The monoisotopic (exact) mass is 526 g/mol. The van der Waals surface area contributed by atoms with Crippen LogP contribution in [0.25, 0.3) is 0 Å². The molecule has 0 radical (unpaired) electrons. The molecule has 39 heavy (non-hydrogen) atoms. The number of carbonyl (C=O) groups is 3. The predicted octanol–water partition coefficient (Wildman–Crippen LogP) is 6.33. The summed E-state index contributed by atoms with van der Waals surface area (Å²) in [5.74, 6) is 0.179. The quantitative estimate of drug-likeness (QED) is 0.493. The van der Waals surface area contributed by atoms with Gasteiger partial charge in [-0.05, 0) is 60.4 Å². The first-order valence-corrected chi connectivity index (χ1v) is 13.7. The molecule has 0 fully saturated rings. The van der Waals surface area contributed by atoms with Crippen molar-refractivity contribution < 1.29 is 19.1 Å². The third kappa shape index (κ3) is 5.42. The first kappa shape index (κ1) is 26.9. The van der Waals surface area contributed by atoms with E-state index in [9.17, 15) is 14.4 Å². The lowest BCUT2D eigenvalue weighted by atomic mass is 9.64. The maximum atomic E-state index is 13.6. The van der Waals surface area contributed by atoms with Crippen LogP contribution in [0, 0.1) is 17.8 Å². The van der Waals surface area contributed by atoms with E-state index in [1.54, 1.807) is 0 Å². The number of aryl methyl sites for hydroxylation is 1. The molecule has 0 atom stereocenters. The Kier molecular flexibility index (Phi) is 6.78. The van der Waals surface area contributed by atoms with Crippen LogP contribution in [0.3, 0.4) is 0 Å². The van der Waals surface area contributed by atoms with Gasteiger partial charge in [0.25, 0.3) is 5.91 Å². The van der Waals surface area contributed by atoms with Gasteiger partial charge >= 0.3 is 0 Å². The Labute approximate surface area is 231 Å². The third-order valence-electron chi connectivity index (χ3n) is 8.10. The van der Waals surface area contributed by atoms with Gasteiger partial charge in [0.15, 0.2) is 18.2 Å². The molecule has 2 aliphatic carbocycles. The van der Waals surface area contributed by atoms with Gasteiger partial charge in [0.05, 0.1) is 0 Å². The molecule has 5 rings (SSSR count). The minimum atomic E-state index is -0.378. The lowest BCUT2D eigenvalue weighted by Crippen LogP contribution is -2.43. The third-order valence-corrected chi connectivity index (χ3v) is 8.10. The van der Waals surface area contributed by atoms with Crippen LogP contribution in [0.15, 0.2) is 71.1 Å². The number of anilines is 1. The van der Waals surface area contributed by atoms with Crippen LogP contribution >= 0.6 is 0 Å². The van der Waals surface area contributed by atoms with Crippen LogP contribution in [0.1, 0.15) is 70.4 Å². The number of ketones is 2. The number of ether oxygens (including phenoxy) is 1. The highest BCUT2D eigenvalue weighted by molar-refractivity contribution is 6.06. The van der Waals surface area contributed by atoms with Crippen LogP contribution in [0.2, 0.25) is 0 Å². The minimum Gasteiger partial charge on any atom is -0.484 e. The number of nitrogens with one attached hydrogen (secondary N) is 1. The average molecular weight is 527 g/mol. The van der Waals surface area contributed by atoms with E-state index in [2.05, 4.69) is 37.9 Å². The number of Topliss-reactive ketones (excluding diaryl/α,β-unsaturated/α-hetero) is 2. The van der Waals surface area contributed by atoms with Crippen LogP contribution in [-0.4, -0.2) is 36.0 Å². The predicted molar refractivity (Wildman–Crippen MR) is 152 cm³/mol. The SMILES string of the molecule is Cc1ccc(NC(=O)COc2ccc(C3C4=C(CC(C)(C)CC4=O)N(C)C4=C3C(=O)CC(C)(C)C4)cc2)cc1. The van der Waals surface area contributed by atoms with Crippen molar-refractivity contribution >= 4 is 23.2 Å². The fourth-order valence-corrected chi connectivity index (χ4v) is 6.24. The summed E-state index contributed by atoms with van der Waals surface area (Å²) in [4.78, 5) is 41.7. The smallest absolute Gasteiger partial charge is 0.262 e. The summed E-state index contributed by atoms with van der Waals surface area (Å²) in [7, 11) is 2.02. The van der Waals surface area contributed by atoms with Crippen molar-refractivity contribution in [3.05, 3.63) is 82.2 Å². The molecule has 0 bridgehead atoms. The topological polar surface area (TPSA) is 75.7 Å². The average Bonchev–Trinajstić information content (AvgIpc) is 2.85. The maximum absolute atomic E-state index is 13.6. The Hall–Kier alpha value is -3.67. The highest BCUT2D eigenvalue weighted by Crippen LogP contribution is 2.53. The summed E-state index contributed by atoms with van der Waals surface area (Å²) >= 11 is 0. The number of hydrogen-bond donors (Lipinski definition) is 1. The highest BCUT2D eigenvalue weighted by Gasteiger charge is 2.48. The van der Waals surface area contributed by atoms with Crippen molar-refractivity contribution in [3.8, 4) is 5.75 Å². The molecule has 2 aromatic carbocycles. The van der Waals surface area contributed by atoms with Crippen molar-refractivity contribution in [2.75, 3.05) is 19.0 Å². The van der Waals surface area contributed by atoms with E-state index in [1.165, 1.54) is 0 Å². The van der Waals surface area contributed by atoms with Gasteiger partial charge in [-0.25, -0.2) is 0 Å². The fourth-order valence-electron chi connectivity index (χ4n) is 6.24. The van der Waals surface area contributed by atoms with Crippen molar-refractivity contribution in [2.24, 2.45) is 10.8 Å². The molecule has 6 nitrogen and oxygen atoms in total. The summed E-state index contributed by atoms with van der Waals surface area (Å²) < 4.78 is 5.76. The molecular formula is C33H38N2O4. The lowest BCUT2D eigenvalue weighted by Gasteiger charge is -2.47. The van der Waals surface area contributed by atoms with E-state index in [0.29, 0.717) is 18.6 Å². The van der Waals surface area contributed by atoms with Gasteiger partial charge in [-0.2, -0.15) is 0 Å². The van der Waals surface area contributed by atoms with Crippen molar-refractivity contribution in [1.29, 1.82) is 0 Å². The summed E-state index contributed by atoms with van der Waals surface area (Å²) in [5.41, 5.74) is 6.09. The molecule has 204 valence electrons. The van der Waals surface area contributed by atoms with Gasteiger partial charge in [0.1, 0.15) is 5.75 Å². The van der Waals surface area contributed by atoms with Crippen LogP contribution < -0.4 is 10.1 Å². The van der Waals surface area contributed by atoms with Gasteiger partial charge in [0, 0.05) is 54.0 Å². The number of benzene rings is 2. The van der Waals surface area contributed by atoms with Gasteiger partial charge in [-0.1, -0.05) is 57.5 Å². The molecule has 1 N–H and O–H groups in total. The molecule has 0 saturated heterocycles. The standard InChI is InChI=1S/C33H38N2O4/c1-20-7-11-22(12-8-20)34-28(38)19-39-23-13-9-21(10-14-23)29-30-24(15-32(2,3)17-26(30)36)35(6)25-16-33(4,5)18-27(37)31(25)29/h7-14,29H,15-19H2,1-6H3,(H,34,38). The van der Waals surface area contributed by atoms with Crippen molar-refractivity contribution in [1.82, 2.24) is 4.90 Å². The van der Waals surface area contributed by atoms with E-state index >= 15 is 0 Å². The normalized spacial score (nSPS) is 20.5. The van der Waals surface area contributed by atoms with E-state index in [1.807, 2.05) is 62.5 Å². The van der Waals surface area contributed by atoms with Gasteiger partial charge < -0.3 is 15.0 Å². The number of nitrogens with zero attached hydrogens (tertiary/aromatic N) is 1. The molecule has 0 saturated carbocycles. The number of hydrogen-bond acceptors (Lipinski definition) is 5. The zero-order chi connectivity index (χ0) is 28.1. The summed E-state index contributed by atoms with van der Waals surface area (Å²) in [5, 5.41) is 2.84. The number of allylic oxidation sites excluding steroid dienone is 4. The van der Waals surface area contributed by atoms with Crippen molar-refractivity contribution in [3.63, 3.8) is 0 Å². The first-order chi connectivity index (χ1) is 18.3. The summed E-state index contributed by atoms with van der Waals surface area (Å²) in [6, 6.07) is 15.1. The first-order valence-electron chi connectivity index (χ1n) is 13.7.